The van der Waals surface area contributed by atoms with Crippen molar-refractivity contribution in [1.82, 2.24) is 15.1 Å². The average molecular weight is 365 g/mol. The molecule has 0 spiro atoms. The molecular weight excluding hydrogens is 343 g/mol. The van der Waals surface area contributed by atoms with Gasteiger partial charge < -0.3 is 4.90 Å². The third-order valence-corrected chi connectivity index (χ3v) is 4.76. The van der Waals surface area contributed by atoms with Gasteiger partial charge in [0.15, 0.2) is 0 Å². The van der Waals surface area contributed by atoms with Crippen molar-refractivity contribution in [3.05, 3.63) is 51.8 Å². The van der Waals surface area contributed by atoms with Crippen LogP contribution in [0.15, 0.2) is 18.2 Å². The number of H-pyrrole nitrogens is 1. The summed E-state index contributed by atoms with van der Waals surface area (Å²) in [5.74, 6) is -0.576. The molecule has 0 radical (unpaired) electrons. The molecule has 1 aliphatic carbocycles. The van der Waals surface area contributed by atoms with Crippen LogP contribution in [0.2, 0.25) is 0 Å². The van der Waals surface area contributed by atoms with Crippen LogP contribution in [-0.4, -0.2) is 27.0 Å². The lowest BCUT2D eigenvalue weighted by molar-refractivity contribution is 0.0715. The van der Waals surface area contributed by atoms with Crippen LogP contribution in [0.5, 0.6) is 0 Å². The third kappa shape index (κ3) is 3.61. The molecule has 0 atom stereocenters. The normalized spacial score (nSPS) is 14.1. The molecule has 0 unspecified atom stereocenters. The number of nitrogens with one attached hydrogen (secondary N) is 1. The van der Waals surface area contributed by atoms with Crippen molar-refractivity contribution in [2.24, 2.45) is 0 Å². The molecule has 1 saturated carbocycles. The fourth-order valence-electron chi connectivity index (χ4n) is 3.21. The second kappa shape index (κ2) is 7.51. The van der Waals surface area contributed by atoms with Gasteiger partial charge in [-0.15, -0.1) is 0 Å². The van der Waals surface area contributed by atoms with Crippen LogP contribution in [0.25, 0.3) is 0 Å². The van der Waals surface area contributed by atoms with E-state index in [-0.39, 0.29) is 17.3 Å². The molecule has 1 aromatic carbocycles. The van der Waals surface area contributed by atoms with Crippen LogP contribution >= 0.6 is 0 Å². The fourth-order valence-corrected chi connectivity index (χ4v) is 3.21. The minimum absolute atomic E-state index is 0.000557. The second-order valence-corrected chi connectivity index (χ2v) is 6.69. The molecule has 1 N–H and O–H groups in total. The Morgan fingerprint density at radius 2 is 2.08 bits per heavy atom. The van der Waals surface area contributed by atoms with Gasteiger partial charge in [0.25, 0.3) is 12.3 Å². The van der Waals surface area contributed by atoms with E-state index >= 15 is 0 Å². The predicted octanol–water partition coefficient (Wildman–Crippen LogP) is 4.49. The molecule has 3 rings (SSSR count). The molecule has 7 heteroatoms. The molecule has 0 bridgehead atoms. The molecule has 1 aromatic heterocycles. The number of hydrogen-bond acceptors (Lipinski definition) is 2. The number of benzene rings is 1. The van der Waals surface area contributed by atoms with Crippen LogP contribution in [0, 0.1) is 6.92 Å². The van der Waals surface area contributed by atoms with Crippen LogP contribution in [0.3, 0.4) is 0 Å². The highest BCUT2D eigenvalue weighted by Gasteiger charge is 2.37. The Morgan fingerprint density at radius 3 is 2.65 bits per heavy atom. The van der Waals surface area contributed by atoms with E-state index in [1.165, 1.54) is 0 Å². The first kappa shape index (κ1) is 18.5. The van der Waals surface area contributed by atoms with E-state index in [9.17, 15) is 18.0 Å². The van der Waals surface area contributed by atoms with E-state index in [2.05, 4.69) is 10.2 Å². The summed E-state index contributed by atoms with van der Waals surface area (Å²) in [7, 11) is 0. The standard InChI is InChI=1S/C19H22F3N3O/c1-3-12-5-4-11(2)8-13(12)10-25(14-6-7-14)19(26)16-15(9-20)23-24-17(16)18(21)22/h4-5,8,14,18H,3,6-7,9-10H2,1-2H3,(H,23,24). The maximum Gasteiger partial charge on any atom is 0.282 e. The van der Waals surface area contributed by atoms with Crippen LogP contribution in [0.1, 0.15) is 64.6 Å². The summed E-state index contributed by atoms with van der Waals surface area (Å²) in [4.78, 5) is 14.6. The second-order valence-electron chi connectivity index (χ2n) is 6.69. The van der Waals surface area contributed by atoms with Gasteiger partial charge in [-0.1, -0.05) is 30.7 Å². The summed E-state index contributed by atoms with van der Waals surface area (Å²) in [5, 5.41) is 5.71. The number of aromatic amines is 1. The van der Waals surface area contributed by atoms with E-state index in [4.69, 9.17) is 0 Å². The van der Waals surface area contributed by atoms with Gasteiger partial charge in [-0.05, 0) is 37.3 Å². The van der Waals surface area contributed by atoms with Gasteiger partial charge in [-0.25, -0.2) is 13.2 Å². The minimum Gasteiger partial charge on any atom is -0.331 e. The number of carbonyl (C=O) groups excluding carboxylic acids is 1. The van der Waals surface area contributed by atoms with Gasteiger partial charge >= 0.3 is 0 Å². The fraction of sp³-hybridized carbons (Fsp3) is 0.474. The van der Waals surface area contributed by atoms with E-state index in [1.807, 2.05) is 32.0 Å². The largest absolute Gasteiger partial charge is 0.331 e. The van der Waals surface area contributed by atoms with Crippen molar-refractivity contribution in [2.75, 3.05) is 0 Å². The van der Waals surface area contributed by atoms with Crippen molar-refractivity contribution < 1.29 is 18.0 Å². The number of aromatic nitrogens is 2. The maximum atomic E-state index is 13.2. The van der Waals surface area contributed by atoms with Crippen LogP contribution < -0.4 is 0 Å². The molecular formula is C19H22F3N3O. The van der Waals surface area contributed by atoms with Crippen molar-refractivity contribution in [3.8, 4) is 0 Å². The first-order chi connectivity index (χ1) is 12.5. The molecule has 0 aliphatic heterocycles. The number of nitrogens with zero attached hydrogens (tertiary/aromatic N) is 2. The topological polar surface area (TPSA) is 49.0 Å². The molecule has 1 heterocycles. The highest BCUT2D eigenvalue weighted by Crippen LogP contribution is 2.33. The van der Waals surface area contributed by atoms with E-state index in [1.54, 1.807) is 4.90 Å². The zero-order valence-corrected chi connectivity index (χ0v) is 14.9. The van der Waals surface area contributed by atoms with Crippen molar-refractivity contribution in [1.29, 1.82) is 0 Å². The number of amides is 1. The Morgan fingerprint density at radius 1 is 1.35 bits per heavy atom. The first-order valence-electron chi connectivity index (χ1n) is 8.76. The number of alkyl halides is 3. The van der Waals surface area contributed by atoms with E-state index in [0.717, 1.165) is 36.0 Å². The zero-order valence-electron chi connectivity index (χ0n) is 14.9. The quantitative estimate of drug-likeness (QED) is 0.786. The Bertz CT molecular complexity index is 799. The first-order valence-corrected chi connectivity index (χ1v) is 8.76. The van der Waals surface area contributed by atoms with E-state index in [0.29, 0.717) is 6.54 Å². The van der Waals surface area contributed by atoms with Crippen molar-refractivity contribution in [3.63, 3.8) is 0 Å². The molecule has 1 fully saturated rings. The lowest BCUT2D eigenvalue weighted by Crippen LogP contribution is -2.34. The lowest BCUT2D eigenvalue weighted by atomic mass is 10.0. The SMILES string of the molecule is CCc1ccc(C)cc1CN(C(=O)c1c(C(F)F)n[nH]c1CF)C1CC1. The van der Waals surface area contributed by atoms with Crippen LogP contribution in [-0.2, 0) is 19.6 Å². The van der Waals surface area contributed by atoms with Gasteiger partial charge in [0.2, 0.25) is 0 Å². The maximum absolute atomic E-state index is 13.2. The minimum atomic E-state index is -2.93. The smallest absolute Gasteiger partial charge is 0.282 e. The van der Waals surface area contributed by atoms with Crippen molar-refractivity contribution in [2.45, 2.75) is 58.8 Å². The molecule has 1 amide bonds. The van der Waals surface area contributed by atoms with Gasteiger partial charge in [0, 0.05) is 12.6 Å². The Labute approximate surface area is 150 Å². The van der Waals surface area contributed by atoms with Gasteiger partial charge in [0.1, 0.15) is 12.4 Å². The number of rotatable bonds is 7. The molecule has 4 nitrogen and oxygen atoms in total. The summed E-state index contributed by atoms with van der Waals surface area (Å²) in [6.45, 7) is 3.29. The van der Waals surface area contributed by atoms with Crippen LogP contribution in [0.4, 0.5) is 13.2 Å². The average Bonchev–Trinajstić information content (AvgIpc) is 3.36. The zero-order chi connectivity index (χ0) is 18.8. The Hall–Kier alpha value is -2.31. The summed E-state index contributed by atoms with van der Waals surface area (Å²) >= 11 is 0. The highest BCUT2D eigenvalue weighted by molar-refractivity contribution is 5.97. The predicted molar refractivity (Wildman–Crippen MR) is 91.8 cm³/mol. The van der Waals surface area contributed by atoms with Crippen molar-refractivity contribution >= 4 is 5.91 Å². The highest BCUT2D eigenvalue weighted by atomic mass is 19.3. The number of hydrogen-bond donors (Lipinski definition) is 1. The molecule has 1 aliphatic rings. The summed E-state index contributed by atoms with van der Waals surface area (Å²) < 4.78 is 39.7. The molecule has 26 heavy (non-hydrogen) atoms. The molecule has 0 saturated heterocycles. The monoisotopic (exact) mass is 365 g/mol. The molecule has 140 valence electrons. The van der Waals surface area contributed by atoms with Gasteiger partial charge in [-0.3, -0.25) is 9.89 Å². The van der Waals surface area contributed by atoms with Gasteiger partial charge in [-0.2, -0.15) is 5.10 Å². The number of aryl methyl sites for hydroxylation is 2. The summed E-state index contributed by atoms with van der Waals surface area (Å²) in [6.07, 6.45) is -0.472. The summed E-state index contributed by atoms with van der Waals surface area (Å²) in [6, 6.07) is 6.05. The Kier molecular flexibility index (Phi) is 5.34. The lowest BCUT2D eigenvalue weighted by Gasteiger charge is -2.24. The van der Waals surface area contributed by atoms with Gasteiger partial charge in [0.05, 0.1) is 11.3 Å². The molecule has 2 aromatic rings. The Balaban J connectivity index is 1.96. The number of halogens is 3. The third-order valence-electron chi connectivity index (χ3n) is 4.76. The number of carbonyl (C=O) groups is 1. The summed E-state index contributed by atoms with van der Waals surface area (Å²) in [5.41, 5.74) is 2.00. The van der Waals surface area contributed by atoms with E-state index < -0.39 is 24.7 Å².